The van der Waals surface area contributed by atoms with Gasteiger partial charge in [-0.1, -0.05) is 25.8 Å². The molecule has 0 aromatic heterocycles. The number of benzene rings is 1. The van der Waals surface area contributed by atoms with Gasteiger partial charge in [-0.15, -0.1) is 0 Å². The van der Waals surface area contributed by atoms with Crippen LogP contribution in [0.15, 0.2) is 6.07 Å². The highest BCUT2D eigenvalue weighted by atomic mass is 32.1. The summed E-state index contributed by atoms with van der Waals surface area (Å²) in [5.74, 6) is -2.64. The SMILES string of the molecule is CCC(=O)C1C(=O)CC(c2c(C)cc(C)c(C(=O)NS)c2C)CC1=O. The van der Waals surface area contributed by atoms with E-state index in [1.807, 2.05) is 26.8 Å². The van der Waals surface area contributed by atoms with Gasteiger partial charge in [0.1, 0.15) is 5.92 Å². The Kier molecular flexibility index (Phi) is 5.83. The highest BCUT2D eigenvalue weighted by molar-refractivity contribution is 7.78. The lowest BCUT2D eigenvalue weighted by Crippen LogP contribution is -2.38. The second-order valence-corrected chi connectivity index (χ2v) is 6.88. The number of hydrogen-bond acceptors (Lipinski definition) is 5. The van der Waals surface area contributed by atoms with Gasteiger partial charge >= 0.3 is 0 Å². The number of Topliss-reactive ketones (excluding diaryl/α,β-unsaturated/α-hetero) is 3. The average molecular weight is 361 g/mol. The van der Waals surface area contributed by atoms with Crippen molar-refractivity contribution in [2.45, 2.75) is 52.9 Å². The number of aryl methyl sites for hydroxylation is 2. The summed E-state index contributed by atoms with van der Waals surface area (Å²) in [5.41, 5.74) is 3.88. The van der Waals surface area contributed by atoms with Gasteiger partial charge < -0.3 is 0 Å². The van der Waals surface area contributed by atoms with Crippen LogP contribution in [0.4, 0.5) is 0 Å². The molecule has 1 aromatic carbocycles. The number of thiol groups is 1. The van der Waals surface area contributed by atoms with Crippen molar-refractivity contribution in [3.63, 3.8) is 0 Å². The van der Waals surface area contributed by atoms with E-state index in [0.29, 0.717) is 5.56 Å². The number of amides is 1. The number of rotatable bonds is 4. The third kappa shape index (κ3) is 3.54. The van der Waals surface area contributed by atoms with Crippen LogP contribution in [-0.4, -0.2) is 23.3 Å². The Hall–Kier alpha value is -1.95. The molecule has 0 radical (unpaired) electrons. The minimum absolute atomic E-state index is 0.148. The molecule has 0 unspecified atom stereocenters. The van der Waals surface area contributed by atoms with Crippen LogP contribution in [0.2, 0.25) is 0 Å². The second-order valence-electron chi connectivity index (χ2n) is 6.66. The van der Waals surface area contributed by atoms with E-state index in [1.54, 1.807) is 6.92 Å². The Morgan fingerprint density at radius 2 is 1.68 bits per heavy atom. The first-order valence-electron chi connectivity index (χ1n) is 8.36. The van der Waals surface area contributed by atoms with E-state index in [1.165, 1.54) is 0 Å². The molecule has 0 aliphatic heterocycles. The van der Waals surface area contributed by atoms with Crippen LogP contribution in [0.5, 0.6) is 0 Å². The van der Waals surface area contributed by atoms with Gasteiger partial charge in [0.2, 0.25) is 0 Å². The fourth-order valence-corrected chi connectivity index (χ4v) is 4.09. The maximum atomic E-state index is 12.4. The van der Waals surface area contributed by atoms with E-state index in [4.69, 9.17) is 0 Å². The molecule has 1 aliphatic carbocycles. The average Bonchev–Trinajstić information content (AvgIpc) is 2.53. The molecule has 5 nitrogen and oxygen atoms in total. The van der Waals surface area contributed by atoms with Crippen molar-refractivity contribution < 1.29 is 19.2 Å². The van der Waals surface area contributed by atoms with Crippen LogP contribution in [0.1, 0.15) is 64.7 Å². The Labute approximate surface area is 153 Å². The zero-order valence-corrected chi connectivity index (χ0v) is 15.8. The number of carbonyl (C=O) groups is 4. The van der Waals surface area contributed by atoms with E-state index in [0.717, 1.165) is 22.3 Å². The Morgan fingerprint density at radius 3 is 2.16 bits per heavy atom. The van der Waals surface area contributed by atoms with Gasteiger partial charge in [-0.05, 0) is 48.9 Å². The van der Waals surface area contributed by atoms with Gasteiger partial charge in [0, 0.05) is 24.8 Å². The normalized spacial score (nSPS) is 20.5. The second kappa shape index (κ2) is 7.52. The summed E-state index contributed by atoms with van der Waals surface area (Å²) >= 11 is 3.84. The van der Waals surface area contributed by atoms with Gasteiger partial charge in [0.25, 0.3) is 5.91 Å². The topological polar surface area (TPSA) is 80.3 Å². The molecule has 1 saturated carbocycles. The quantitative estimate of drug-likeness (QED) is 0.638. The first-order chi connectivity index (χ1) is 11.7. The molecule has 0 spiro atoms. The summed E-state index contributed by atoms with van der Waals surface area (Å²) < 4.78 is 2.34. The molecular weight excluding hydrogens is 338 g/mol. The maximum absolute atomic E-state index is 12.4. The zero-order chi connectivity index (χ0) is 18.9. The third-order valence-electron chi connectivity index (χ3n) is 4.98. The Bertz CT molecular complexity index is 751. The lowest BCUT2D eigenvalue weighted by Gasteiger charge is -2.29. The number of hydrogen-bond donors (Lipinski definition) is 2. The molecular formula is C19H23NO4S. The third-order valence-corrected chi connectivity index (χ3v) is 5.18. The molecule has 1 aromatic rings. The molecule has 0 atom stereocenters. The summed E-state index contributed by atoms with van der Waals surface area (Å²) in [4.78, 5) is 48.9. The number of ketones is 3. The molecule has 1 N–H and O–H groups in total. The predicted octanol–water partition coefficient (Wildman–Crippen LogP) is 2.80. The fraction of sp³-hybridized carbons (Fsp3) is 0.474. The van der Waals surface area contributed by atoms with Gasteiger partial charge in [0.05, 0.1) is 0 Å². The Balaban J connectivity index is 2.47. The first kappa shape index (κ1) is 19.4. The van der Waals surface area contributed by atoms with Crippen molar-refractivity contribution >= 4 is 36.1 Å². The summed E-state index contributed by atoms with van der Waals surface area (Å²) in [6.07, 6.45) is 0.477. The molecule has 1 amide bonds. The van der Waals surface area contributed by atoms with E-state index < -0.39 is 5.92 Å². The first-order valence-corrected chi connectivity index (χ1v) is 8.80. The van der Waals surface area contributed by atoms with Gasteiger partial charge in [-0.3, -0.25) is 23.9 Å². The highest BCUT2D eigenvalue weighted by Gasteiger charge is 2.40. The summed E-state index contributed by atoms with van der Waals surface area (Å²) in [7, 11) is 0. The van der Waals surface area contributed by atoms with Crippen LogP contribution < -0.4 is 4.72 Å². The lowest BCUT2D eigenvalue weighted by atomic mass is 9.72. The van der Waals surface area contributed by atoms with E-state index in [2.05, 4.69) is 17.5 Å². The van der Waals surface area contributed by atoms with E-state index in [-0.39, 0.29) is 48.4 Å². The largest absolute Gasteiger partial charge is 0.299 e. The van der Waals surface area contributed by atoms with Crippen molar-refractivity contribution in [1.82, 2.24) is 4.72 Å². The molecule has 0 heterocycles. The monoisotopic (exact) mass is 361 g/mol. The van der Waals surface area contributed by atoms with Crippen molar-refractivity contribution in [2.24, 2.45) is 5.92 Å². The summed E-state index contributed by atoms with van der Waals surface area (Å²) in [5, 5.41) is 0. The van der Waals surface area contributed by atoms with Crippen LogP contribution in [0.25, 0.3) is 0 Å². The van der Waals surface area contributed by atoms with Crippen molar-refractivity contribution in [2.75, 3.05) is 0 Å². The standard InChI is InChI=1S/C19H23NO4S/c1-5-13(21)18-14(22)7-12(8-15(18)23)16-9(2)6-10(3)17(11(16)4)19(24)20-25/h6,12,18,25H,5,7-8H2,1-4H3,(H,20,24). The molecule has 1 aliphatic rings. The fourth-order valence-electron chi connectivity index (χ4n) is 3.97. The van der Waals surface area contributed by atoms with Crippen LogP contribution in [0, 0.1) is 26.7 Å². The predicted molar refractivity (Wildman–Crippen MR) is 97.9 cm³/mol. The van der Waals surface area contributed by atoms with E-state index >= 15 is 0 Å². The van der Waals surface area contributed by atoms with Gasteiger partial charge in [0.15, 0.2) is 17.3 Å². The minimum Gasteiger partial charge on any atom is -0.299 e. The van der Waals surface area contributed by atoms with Crippen molar-refractivity contribution in [3.8, 4) is 0 Å². The summed E-state index contributed by atoms with van der Waals surface area (Å²) in [6.45, 7) is 7.24. The zero-order valence-electron chi connectivity index (χ0n) is 14.9. The lowest BCUT2D eigenvalue weighted by molar-refractivity contribution is -0.142. The maximum Gasteiger partial charge on any atom is 0.261 e. The molecule has 134 valence electrons. The minimum atomic E-state index is -1.10. The van der Waals surface area contributed by atoms with Gasteiger partial charge in [-0.2, -0.15) is 0 Å². The highest BCUT2D eigenvalue weighted by Crippen LogP contribution is 2.37. The molecule has 0 bridgehead atoms. The molecule has 1 fully saturated rings. The van der Waals surface area contributed by atoms with Crippen LogP contribution in [0.3, 0.4) is 0 Å². The van der Waals surface area contributed by atoms with Gasteiger partial charge in [-0.25, -0.2) is 0 Å². The van der Waals surface area contributed by atoms with Crippen molar-refractivity contribution in [3.05, 3.63) is 33.9 Å². The molecule has 0 saturated heterocycles. The summed E-state index contributed by atoms with van der Waals surface area (Å²) in [6, 6.07) is 1.89. The smallest absolute Gasteiger partial charge is 0.261 e. The van der Waals surface area contributed by atoms with Crippen LogP contribution in [-0.2, 0) is 14.4 Å². The Morgan fingerprint density at radius 1 is 1.12 bits per heavy atom. The number of nitrogens with one attached hydrogen (secondary N) is 1. The van der Waals surface area contributed by atoms with Crippen molar-refractivity contribution in [1.29, 1.82) is 0 Å². The van der Waals surface area contributed by atoms with Crippen LogP contribution >= 0.6 is 12.8 Å². The molecule has 25 heavy (non-hydrogen) atoms. The molecule has 2 rings (SSSR count). The number of carbonyl (C=O) groups excluding carboxylic acids is 4. The van der Waals surface area contributed by atoms with E-state index in [9.17, 15) is 19.2 Å². The molecule has 6 heteroatoms.